The van der Waals surface area contributed by atoms with Crippen LogP contribution in [0.15, 0.2) is 16.7 Å². The maximum atomic E-state index is 7.71. The lowest BCUT2D eigenvalue weighted by molar-refractivity contribution is 0.595. The molecule has 2 aromatic rings. The van der Waals surface area contributed by atoms with Gasteiger partial charge in [-0.25, -0.2) is 0 Å². The van der Waals surface area contributed by atoms with Crippen molar-refractivity contribution in [3.8, 4) is 0 Å². The standard InChI is InChI=1S/C8H9N3O/c1-5-10-8-6(3-4-12-8)7(9)11(5)2/h3-4,9H,1-2H3. The maximum Gasteiger partial charge on any atom is 0.231 e. The van der Waals surface area contributed by atoms with E-state index < -0.39 is 0 Å². The molecule has 0 saturated heterocycles. The summed E-state index contributed by atoms with van der Waals surface area (Å²) in [5.74, 6) is 0.780. The van der Waals surface area contributed by atoms with Crippen LogP contribution < -0.4 is 5.49 Å². The van der Waals surface area contributed by atoms with Gasteiger partial charge >= 0.3 is 0 Å². The van der Waals surface area contributed by atoms with Gasteiger partial charge in [-0.2, -0.15) is 4.98 Å². The summed E-state index contributed by atoms with van der Waals surface area (Å²) in [6.45, 7) is 1.85. The zero-order valence-corrected chi connectivity index (χ0v) is 6.96. The van der Waals surface area contributed by atoms with E-state index in [-0.39, 0.29) is 0 Å². The van der Waals surface area contributed by atoms with Crippen LogP contribution in [0.3, 0.4) is 0 Å². The van der Waals surface area contributed by atoms with E-state index in [9.17, 15) is 0 Å². The molecule has 0 unspecified atom stereocenters. The highest BCUT2D eigenvalue weighted by Gasteiger charge is 2.03. The number of aromatic nitrogens is 2. The predicted molar refractivity (Wildman–Crippen MR) is 43.6 cm³/mol. The van der Waals surface area contributed by atoms with Gasteiger partial charge in [0.2, 0.25) is 5.71 Å². The number of nitrogens with one attached hydrogen (secondary N) is 1. The quantitative estimate of drug-likeness (QED) is 0.628. The van der Waals surface area contributed by atoms with Crippen molar-refractivity contribution in [3.05, 3.63) is 23.6 Å². The molecule has 12 heavy (non-hydrogen) atoms. The smallest absolute Gasteiger partial charge is 0.231 e. The van der Waals surface area contributed by atoms with Crippen molar-refractivity contribution in [2.75, 3.05) is 0 Å². The normalized spacial score (nSPS) is 10.8. The Morgan fingerprint density at radius 2 is 2.33 bits per heavy atom. The van der Waals surface area contributed by atoms with E-state index in [4.69, 9.17) is 9.83 Å². The Hall–Kier alpha value is -1.58. The topological polar surface area (TPSA) is 54.8 Å². The number of nitrogens with zero attached hydrogens (tertiary/aromatic N) is 2. The van der Waals surface area contributed by atoms with Gasteiger partial charge in [-0.1, -0.05) is 0 Å². The van der Waals surface area contributed by atoms with Crippen LogP contribution in [0.25, 0.3) is 11.1 Å². The first kappa shape index (κ1) is 7.09. The number of aryl methyl sites for hydroxylation is 1. The van der Waals surface area contributed by atoms with E-state index in [0.29, 0.717) is 11.2 Å². The summed E-state index contributed by atoms with van der Waals surface area (Å²) >= 11 is 0. The first-order chi connectivity index (χ1) is 5.70. The number of hydrogen-bond acceptors (Lipinski definition) is 3. The molecule has 0 amide bonds. The summed E-state index contributed by atoms with van der Waals surface area (Å²) in [7, 11) is 1.82. The molecule has 0 bridgehead atoms. The van der Waals surface area contributed by atoms with E-state index in [1.807, 2.05) is 14.0 Å². The number of hydrogen-bond donors (Lipinski definition) is 1. The number of furan rings is 1. The lowest BCUT2D eigenvalue weighted by Crippen LogP contribution is -2.19. The van der Waals surface area contributed by atoms with Crippen LogP contribution in [-0.2, 0) is 7.05 Å². The Morgan fingerprint density at radius 1 is 1.58 bits per heavy atom. The Labute approximate surface area is 69.0 Å². The fourth-order valence-corrected chi connectivity index (χ4v) is 1.13. The molecule has 0 aliphatic rings. The van der Waals surface area contributed by atoms with Gasteiger partial charge in [-0.05, 0) is 13.0 Å². The highest BCUT2D eigenvalue weighted by atomic mass is 16.3. The van der Waals surface area contributed by atoms with Crippen LogP contribution in [0.5, 0.6) is 0 Å². The molecule has 4 heteroatoms. The molecule has 2 heterocycles. The Kier molecular flexibility index (Phi) is 1.30. The Bertz CT molecular complexity index is 480. The van der Waals surface area contributed by atoms with Crippen LogP contribution in [0.2, 0.25) is 0 Å². The van der Waals surface area contributed by atoms with Crippen molar-refractivity contribution < 1.29 is 4.42 Å². The summed E-state index contributed by atoms with van der Waals surface area (Å²) < 4.78 is 6.81. The molecule has 4 nitrogen and oxygen atoms in total. The van der Waals surface area contributed by atoms with E-state index in [1.54, 1.807) is 16.9 Å². The lowest BCUT2D eigenvalue weighted by Gasteiger charge is -2.01. The second kappa shape index (κ2) is 2.20. The molecule has 0 spiro atoms. The molecule has 0 radical (unpaired) electrons. The highest BCUT2D eigenvalue weighted by molar-refractivity contribution is 5.71. The first-order valence-corrected chi connectivity index (χ1v) is 3.65. The largest absolute Gasteiger partial charge is 0.446 e. The molecular formula is C8H9N3O. The molecule has 2 rings (SSSR count). The van der Waals surface area contributed by atoms with Crippen molar-refractivity contribution in [3.63, 3.8) is 0 Å². The van der Waals surface area contributed by atoms with Crippen LogP contribution >= 0.6 is 0 Å². The first-order valence-electron chi connectivity index (χ1n) is 3.65. The molecule has 0 aliphatic carbocycles. The minimum absolute atomic E-state index is 0.436. The average Bonchev–Trinajstić information content (AvgIpc) is 2.48. The summed E-state index contributed by atoms with van der Waals surface area (Å²) in [6, 6.07) is 1.75. The van der Waals surface area contributed by atoms with Gasteiger partial charge in [0, 0.05) is 7.05 Å². The van der Waals surface area contributed by atoms with Gasteiger partial charge in [-0.15, -0.1) is 0 Å². The SMILES string of the molecule is Cc1nc2occc2c(=N)n1C. The van der Waals surface area contributed by atoms with E-state index in [2.05, 4.69) is 4.98 Å². The third kappa shape index (κ3) is 0.777. The molecule has 0 aromatic carbocycles. The van der Waals surface area contributed by atoms with Crippen molar-refractivity contribution in [1.82, 2.24) is 9.55 Å². The van der Waals surface area contributed by atoms with Gasteiger partial charge < -0.3 is 8.98 Å². The minimum Gasteiger partial charge on any atom is -0.446 e. The number of rotatable bonds is 0. The highest BCUT2D eigenvalue weighted by Crippen LogP contribution is 2.07. The lowest BCUT2D eigenvalue weighted by atomic mass is 10.4. The van der Waals surface area contributed by atoms with Crippen molar-refractivity contribution >= 4 is 11.1 Å². The Balaban J connectivity index is 3.05. The van der Waals surface area contributed by atoms with E-state index in [0.717, 1.165) is 11.2 Å². The second-order valence-electron chi connectivity index (χ2n) is 2.71. The van der Waals surface area contributed by atoms with Crippen molar-refractivity contribution in [1.29, 1.82) is 5.41 Å². The molecule has 0 saturated carbocycles. The molecular weight excluding hydrogens is 154 g/mol. The van der Waals surface area contributed by atoms with Crippen LogP contribution in [-0.4, -0.2) is 9.55 Å². The molecule has 62 valence electrons. The summed E-state index contributed by atoms with van der Waals surface area (Å²) in [5, 5.41) is 8.46. The summed E-state index contributed by atoms with van der Waals surface area (Å²) in [5.41, 5.74) is 0.974. The van der Waals surface area contributed by atoms with Gasteiger partial charge in [0.05, 0.1) is 11.6 Å². The van der Waals surface area contributed by atoms with Crippen LogP contribution in [0, 0.1) is 12.3 Å². The monoisotopic (exact) mass is 163 g/mol. The van der Waals surface area contributed by atoms with Crippen LogP contribution in [0.4, 0.5) is 0 Å². The molecule has 0 aliphatic heterocycles. The maximum absolute atomic E-state index is 7.71. The van der Waals surface area contributed by atoms with E-state index in [1.165, 1.54) is 0 Å². The predicted octanol–water partition coefficient (Wildman–Crippen LogP) is 0.954. The number of fused-ring (bicyclic) bond motifs is 1. The molecule has 0 fully saturated rings. The van der Waals surface area contributed by atoms with Crippen LogP contribution in [0.1, 0.15) is 5.82 Å². The van der Waals surface area contributed by atoms with Gasteiger partial charge in [-0.3, -0.25) is 5.41 Å². The summed E-state index contributed by atoms with van der Waals surface area (Å²) in [4.78, 5) is 4.17. The second-order valence-corrected chi connectivity index (χ2v) is 2.71. The van der Waals surface area contributed by atoms with Gasteiger partial charge in [0.1, 0.15) is 11.3 Å². The van der Waals surface area contributed by atoms with Crippen molar-refractivity contribution in [2.45, 2.75) is 6.92 Å². The third-order valence-corrected chi connectivity index (χ3v) is 1.98. The third-order valence-electron chi connectivity index (χ3n) is 1.98. The van der Waals surface area contributed by atoms with E-state index >= 15 is 0 Å². The average molecular weight is 163 g/mol. The fourth-order valence-electron chi connectivity index (χ4n) is 1.13. The molecule has 2 aromatic heterocycles. The van der Waals surface area contributed by atoms with Gasteiger partial charge in [0.15, 0.2) is 0 Å². The summed E-state index contributed by atoms with van der Waals surface area (Å²) in [6.07, 6.45) is 1.55. The molecule has 1 N–H and O–H groups in total. The van der Waals surface area contributed by atoms with Gasteiger partial charge in [0.25, 0.3) is 0 Å². The minimum atomic E-state index is 0.436. The zero-order chi connectivity index (χ0) is 8.72. The van der Waals surface area contributed by atoms with Crippen molar-refractivity contribution in [2.24, 2.45) is 7.05 Å². The fraction of sp³-hybridized carbons (Fsp3) is 0.250. The molecule has 0 atom stereocenters. The Morgan fingerprint density at radius 3 is 3.08 bits per heavy atom. The zero-order valence-electron chi connectivity index (χ0n) is 6.96.